The number of hydrogen-bond acceptors (Lipinski definition) is 3. The fraction of sp³-hybridized carbons (Fsp3) is 0.375. The zero-order valence-corrected chi connectivity index (χ0v) is 22.7. The Kier molecular flexibility index (Phi) is 10.3. The molecule has 0 aromatic heterocycles. The summed E-state index contributed by atoms with van der Waals surface area (Å²) in [5, 5.41) is 3.10. The standard InChI is InChI=1S/C32H40N2O3/c1-6-25(5)33-32(36)30(20-26-13-8-7-9-14-26)34(21-28-15-11-10-12-24(28)4)31(35)22-37-29-18-16-27(17-19-29)23(2)3/h7-19,23,25,30H,6,20-22H2,1-5H3,(H,33,36)/t25-,30-/m0/s1. The van der Waals surface area contributed by atoms with Crippen molar-refractivity contribution in [3.8, 4) is 5.75 Å². The van der Waals surface area contributed by atoms with Crippen LogP contribution in [0.4, 0.5) is 0 Å². The first kappa shape index (κ1) is 28.0. The first-order valence-corrected chi connectivity index (χ1v) is 13.2. The minimum atomic E-state index is -0.671. The van der Waals surface area contributed by atoms with Crippen LogP contribution < -0.4 is 10.1 Å². The maximum Gasteiger partial charge on any atom is 0.261 e. The molecule has 0 heterocycles. The zero-order valence-electron chi connectivity index (χ0n) is 22.7. The van der Waals surface area contributed by atoms with Gasteiger partial charge in [-0.05, 0) is 60.6 Å². The molecule has 3 aromatic rings. The molecule has 0 aliphatic heterocycles. The quantitative estimate of drug-likeness (QED) is 0.329. The summed E-state index contributed by atoms with van der Waals surface area (Å²) in [6, 6.07) is 25.0. The molecule has 0 unspecified atom stereocenters. The Balaban J connectivity index is 1.90. The van der Waals surface area contributed by atoms with E-state index in [0.717, 1.165) is 23.1 Å². The van der Waals surface area contributed by atoms with E-state index in [1.54, 1.807) is 4.90 Å². The lowest BCUT2D eigenvalue weighted by Gasteiger charge is -2.32. The van der Waals surface area contributed by atoms with Gasteiger partial charge in [-0.25, -0.2) is 0 Å². The first-order valence-electron chi connectivity index (χ1n) is 13.2. The molecule has 0 aliphatic carbocycles. The maximum absolute atomic E-state index is 13.7. The molecule has 3 aromatic carbocycles. The molecular weight excluding hydrogens is 460 g/mol. The van der Waals surface area contributed by atoms with Crippen LogP contribution in [-0.4, -0.2) is 35.4 Å². The Morgan fingerprint density at radius 3 is 2.16 bits per heavy atom. The molecule has 196 valence electrons. The van der Waals surface area contributed by atoms with E-state index in [9.17, 15) is 9.59 Å². The Morgan fingerprint density at radius 1 is 0.892 bits per heavy atom. The largest absolute Gasteiger partial charge is 0.484 e. The molecular formula is C32H40N2O3. The van der Waals surface area contributed by atoms with Crippen LogP contribution in [0.5, 0.6) is 5.75 Å². The molecule has 2 amide bonds. The smallest absolute Gasteiger partial charge is 0.261 e. The van der Waals surface area contributed by atoms with Crippen LogP contribution in [0, 0.1) is 6.92 Å². The minimum Gasteiger partial charge on any atom is -0.484 e. The molecule has 5 heteroatoms. The predicted octanol–water partition coefficient (Wildman–Crippen LogP) is 6.05. The van der Waals surface area contributed by atoms with Crippen molar-refractivity contribution in [1.82, 2.24) is 10.2 Å². The molecule has 0 radical (unpaired) electrons. The van der Waals surface area contributed by atoms with Crippen molar-refractivity contribution in [2.75, 3.05) is 6.61 Å². The topological polar surface area (TPSA) is 58.6 Å². The van der Waals surface area contributed by atoms with E-state index in [1.807, 2.05) is 99.6 Å². The highest BCUT2D eigenvalue weighted by molar-refractivity contribution is 5.88. The van der Waals surface area contributed by atoms with Gasteiger partial charge in [-0.3, -0.25) is 9.59 Å². The lowest BCUT2D eigenvalue weighted by atomic mass is 10.0. The summed E-state index contributed by atoms with van der Waals surface area (Å²) in [5.74, 6) is 0.679. The summed E-state index contributed by atoms with van der Waals surface area (Å²) in [7, 11) is 0. The summed E-state index contributed by atoms with van der Waals surface area (Å²) in [4.78, 5) is 29.0. The van der Waals surface area contributed by atoms with Crippen LogP contribution in [-0.2, 0) is 22.6 Å². The van der Waals surface area contributed by atoms with Crippen LogP contribution in [0.2, 0.25) is 0 Å². The first-order chi connectivity index (χ1) is 17.8. The Labute approximate surface area is 221 Å². The highest BCUT2D eigenvalue weighted by atomic mass is 16.5. The predicted molar refractivity (Wildman–Crippen MR) is 150 cm³/mol. The van der Waals surface area contributed by atoms with Crippen molar-refractivity contribution < 1.29 is 14.3 Å². The van der Waals surface area contributed by atoms with Gasteiger partial charge < -0.3 is 15.0 Å². The fourth-order valence-electron chi connectivity index (χ4n) is 4.14. The van der Waals surface area contributed by atoms with Crippen molar-refractivity contribution in [2.24, 2.45) is 0 Å². The van der Waals surface area contributed by atoms with Crippen molar-refractivity contribution in [1.29, 1.82) is 0 Å². The minimum absolute atomic E-state index is 0.0110. The summed E-state index contributed by atoms with van der Waals surface area (Å²) < 4.78 is 5.91. The van der Waals surface area contributed by atoms with Crippen molar-refractivity contribution in [3.63, 3.8) is 0 Å². The Hall–Kier alpha value is -3.60. The number of carbonyl (C=O) groups excluding carboxylic acids is 2. The number of hydrogen-bond donors (Lipinski definition) is 1. The van der Waals surface area contributed by atoms with Crippen LogP contribution in [0.3, 0.4) is 0 Å². The summed E-state index contributed by atoms with van der Waals surface area (Å²) in [6.45, 7) is 10.5. The van der Waals surface area contributed by atoms with Crippen LogP contribution in [0.25, 0.3) is 0 Å². The highest BCUT2D eigenvalue weighted by Gasteiger charge is 2.31. The number of nitrogens with one attached hydrogen (secondary N) is 1. The van der Waals surface area contributed by atoms with E-state index in [0.29, 0.717) is 24.6 Å². The number of aryl methyl sites for hydroxylation is 1. The van der Waals surface area contributed by atoms with Gasteiger partial charge in [0.2, 0.25) is 5.91 Å². The second kappa shape index (κ2) is 13.6. The second-order valence-corrected chi connectivity index (χ2v) is 9.98. The molecule has 0 fully saturated rings. The van der Waals surface area contributed by atoms with Crippen LogP contribution in [0.1, 0.15) is 62.3 Å². The average molecular weight is 501 g/mol. The van der Waals surface area contributed by atoms with E-state index in [2.05, 4.69) is 19.2 Å². The van der Waals surface area contributed by atoms with E-state index in [4.69, 9.17) is 4.74 Å². The van der Waals surface area contributed by atoms with Gasteiger partial charge in [0.15, 0.2) is 6.61 Å². The lowest BCUT2D eigenvalue weighted by Crippen LogP contribution is -2.53. The maximum atomic E-state index is 13.7. The van der Waals surface area contributed by atoms with Gasteiger partial charge in [-0.15, -0.1) is 0 Å². The van der Waals surface area contributed by atoms with Crippen molar-refractivity contribution in [3.05, 3.63) is 101 Å². The van der Waals surface area contributed by atoms with E-state index in [-0.39, 0.29) is 24.5 Å². The molecule has 0 saturated heterocycles. The molecule has 0 saturated carbocycles. The van der Waals surface area contributed by atoms with Gasteiger partial charge in [0.1, 0.15) is 11.8 Å². The fourth-order valence-corrected chi connectivity index (χ4v) is 4.14. The molecule has 0 bridgehead atoms. The van der Waals surface area contributed by atoms with Gasteiger partial charge in [0.25, 0.3) is 5.91 Å². The average Bonchev–Trinajstić information content (AvgIpc) is 2.90. The molecule has 0 spiro atoms. The van der Waals surface area contributed by atoms with E-state index in [1.165, 1.54) is 5.56 Å². The monoisotopic (exact) mass is 500 g/mol. The summed E-state index contributed by atoms with van der Waals surface area (Å²) in [6.07, 6.45) is 1.23. The third-order valence-electron chi connectivity index (χ3n) is 6.78. The molecule has 1 N–H and O–H groups in total. The Morgan fingerprint density at radius 2 is 1.54 bits per heavy atom. The number of carbonyl (C=O) groups is 2. The summed E-state index contributed by atoms with van der Waals surface area (Å²) >= 11 is 0. The summed E-state index contributed by atoms with van der Waals surface area (Å²) in [5.41, 5.74) is 4.29. The molecule has 5 nitrogen and oxygen atoms in total. The second-order valence-electron chi connectivity index (χ2n) is 9.98. The van der Waals surface area contributed by atoms with Crippen LogP contribution >= 0.6 is 0 Å². The van der Waals surface area contributed by atoms with Gasteiger partial charge in [-0.2, -0.15) is 0 Å². The lowest BCUT2D eigenvalue weighted by molar-refractivity contribution is -0.143. The molecule has 3 rings (SSSR count). The third kappa shape index (κ3) is 8.21. The van der Waals surface area contributed by atoms with Crippen molar-refractivity contribution >= 4 is 11.8 Å². The van der Waals surface area contributed by atoms with Gasteiger partial charge in [0.05, 0.1) is 0 Å². The molecule has 2 atom stereocenters. The molecule has 37 heavy (non-hydrogen) atoms. The van der Waals surface area contributed by atoms with Gasteiger partial charge in [-0.1, -0.05) is 87.5 Å². The third-order valence-corrected chi connectivity index (χ3v) is 6.78. The van der Waals surface area contributed by atoms with E-state index >= 15 is 0 Å². The zero-order chi connectivity index (χ0) is 26.8. The number of rotatable bonds is 12. The van der Waals surface area contributed by atoms with E-state index < -0.39 is 6.04 Å². The molecule has 0 aliphatic rings. The number of nitrogens with zero attached hydrogens (tertiary/aromatic N) is 1. The van der Waals surface area contributed by atoms with Crippen molar-refractivity contribution in [2.45, 2.75) is 72.0 Å². The Bertz CT molecular complexity index is 1140. The SMILES string of the molecule is CC[C@H](C)NC(=O)[C@H](Cc1ccccc1)N(Cc1ccccc1C)C(=O)COc1ccc(C(C)C)cc1. The van der Waals surface area contributed by atoms with Gasteiger partial charge in [0, 0.05) is 19.0 Å². The number of ether oxygens (including phenoxy) is 1. The van der Waals surface area contributed by atoms with Crippen LogP contribution in [0.15, 0.2) is 78.9 Å². The number of benzene rings is 3. The van der Waals surface area contributed by atoms with Gasteiger partial charge >= 0.3 is 0 Å². The highest BCUT2D eigenvalue weighted by Crippen LogP contribution is 2.20. The normalized spacial score (nSPS) is 12.6. The number of amides is 2.